The fourth-order valence-corrected chi connectivity index (χ4v) is 3.56. The lowest BCUT2D eigenvalue weighted by atomic mass is 9.86. The molecule has 2 aromatic rings. The van der Waals surface area contributed by atoms with E-state index in [1.54, 1.807) is 6.92 Å². The molecule has 1 unspecified atom stereocenters. The third-order valence-electron chi connectivity index (χ3n) is 5.14. The maximum absolute atomic E-state index is 12.1. The number of rotatable bonds is 8. The molecule has 1 aromatic heterocycles. The average molecular weight is 387 g/mol. The van der Waals surface area contributed by atoms with Crippen molar-refractivity contribution in [2.45, 2.75) is 64.4 Å². The van der Waals surface area contributed by atoms with Gasteiger partial charge in [0.2, 0.25) is 5.89 Å². The van der Waals surface area contributed by atoms with E-state index in [-0.39, 0.29) is 23.4 Å². The van der Waals surface area contributed by atoms with Crippen molar-refractivity contribution in [3.05, 3.63) is 40.3 Å². The summed E-state index contributed by atoms with van der Waals surface area (Å²) >= 11 is 0. The summed E-state index contributed by atoms with van der Waals surface area (Å²) in [5.74, 6) is 0.914. The van der Waals surface area contributed by atoms with E-state index in [1.165, 1.54) is 56.4 Å². The van der Waals surface area contributed by atoms with Gasteiger partial charge in [0.05, 0.1) is 4.92 Å². The fraction of sp³-hybridized carbons (Fsp3) is 0.550. The standard InChI is InChI=1S/C20H25N3O5/c1-14(27-18(24)9-5-8-15-6-3-2-4-7-15)19-21-22-20(28-19)16-10-12-17(13-11-16)23(25)26/h10-15H,2-9H2,1H3. The van der Waals surface area contributed by atoms with Crippen LogP contribution in [0.1, 0.15) is 70.3 Å². The highest BCUT2D eigenvalue weighted by atomic mass is 16.6. The second-order valence-electron chi connectivity index (χ2n) is 7.28. The van der Waals surface area contributed by atoms with Gasteiger partial charge in [0.15, 0.2) is 6.10 Å². The minimum Gasteiger partial charge on any atom is -0.453 e. The molecule has 1 aromatic carbocycles. The first-order valence-electron chi connectivity index (χ1n) is 9.80. The lowest BCUT2D eigenvalue weighted by Crippen LogP contribution is -2.11. The molecule has 0 spiro atoms. The fourth-order valence-electron chi connectivity index (χ4n) is 3.56. The smallest absolute Gasteiger partial charge is 0.306 e. The van der Waals surface area contributed by atoms with Crippen molar-refractivity contribution in [3.8, 4) is 11.5 Å². The van der Waals surface area contributed by atoms with E-state index in [2.05, 4.69) is 10.2 Å². The van der Waals surface area contributed by atoms with Crippen LogP contribution in [0.3, 0.4) is 0 Å². The summed E-state index contributed by atoms with van der Waals surface area (Å²) < 4.78 is 11.0. The largest absolute Gasteiger partial charge is 0.453 e. The lowest BCUT2D eigenvalue weighted by molar-refractivity contribution is -0.384. The van der Waals surface area contributed by atoms with Crippen LogP contribution in [0.4, 0.5) is 5.69 Å². The zero-order valence-electron chi connectivity index (χ0n) is 16.0. The Hall–Kier alpha value is -2.77. The molecule has 0 radical (unpaired) electrons. The summed E-state index contributed by atoms with van der Waals surface area (Å²) in [6, 6.07) is 5.82. The van der Waals surface area contributed by atoms with Gasteiger partial charge >= 0.3 is 5.97 Å². The van der Waals surface area contributed by atoms with Gasteiger partial charge in [-0.05, 0) is 37.8 Å². The molecule has 150 valence electrons. The SMILES string of the molecule is CC(OC(=O)CCCC1CCCCC1)c1nnc(-c2ccc([N+](=O)[O-])cc2)o1. The molecule has 0 N–H and O–H groups in total. The van der Waals surface area contributed by atoms with Crippen molar-refractivity contribution in [1.29, 1.82) is 0 Å². The third-order valence-corrected chi connectivity index (χ3v) is 5.14. The van der Waals surface area contributed by atoms with Gasteiger partial charge in [-0.3, -0.25) is 14.9 Å². The molecule has 0 bridgehead atoms. The van der Waals surface area contributed by atoms with Crippen molar-refractivity contribution in [3.63, 3.8) is 0 Å². The first-order valence-corrected chi connectivity index (χ1v) is 9.80. The number of esters is 1. The number of carbonyl (C=O) groups is 1. The van der Waals surface area contributed by atoms with E-state index in [9.17, 15) is 14.9 Å². The Morgan fingerprint density at radius 2 is 1.96 bits per heavy atom. The highest BCUT2D eigenvalue weighted by molar-refractivity contribution is 5.69. The van der Waals surface area contributed by atoms with E-state index in [4.69, 9.17) is 9.15 Å². The Bertz CT molecular complexity index is 796. The molecule has 1 atom stereocenters. The van der Waals surface area contributed by atoms with Crippen LogP contribution < -0.4 is 0 Å². The quantitative estimate of drug-likeness (QED) is 0.356. The number of aromatic nitrogens is 2. The number of benzene rings is 1. The molecule has 28 heavy (non-hydrogen) atoms. The second-order valence-corrected chi connectivity index (χ2v) is 7.28. The molecule has 8 heteroatoms. The van der Waals surface area contributed by atoms with Crippen LogP contribution in [0.2, 0.25) is 0 Å². The van der Waals surface area contributed by atoms with Gasteiger partial charge in [0.25, 0.3) is 11.6 Å². The van der Waals surface area contributed by atoms with Crippen LogP contribution in [-0.2, 0) is 9.53 Å². The summed E-state index contributed by atoms with van der Waals surface area (Å²) in [7, 11) is 0. The number of hydrogen-bond acceptors (Lipinski definition) is 7. The van der Waals surface area contributed by atoms with Crippen LogP contribution in [0.25, 0.3) is 11.5 Å². The number of nitro groups is 1. The summed E-state index contributed by atoms with van der Waals surface area (Å²) in [6.07, 6.45) is 8.18. The highest BCUT2D eigenvalue weighted by Gasteiger charge is 2.20. The second kappa shape index (κ2) is 9.43. The number of ether oxygens (including phenoxy) is 1. The molecule has 3 rings (SSSR count). The zero-order chi connectivity index (χ0) is 19.9. The molecule has 1 fully saturated rings. The van der Waals surface area contributed by atoms with Crippen LogP contribution in [0.15, 0.2) is 28.7 Å². The Morgan fingerprint density at radius 3 is 2.64 bits per heavy atom. The number of nitro benzene ring substituents is 1. The molecule has 0 saturated heterocycles. The van der Waals surface area contributed by atoms with Gasteiger partial charge in [0.1, 0.15) is 0 Å². The molecule has 0 amide bonds. The van der Waals surface area contributed by atoms with Gasteiger partial charge in [-0.15, -0.1) is 10.2 Å². The van der Waals surface area contributed by atoms with Crippen molar-refractivity contribution in [1.82, 2.24) is 10.2 Å². The van der Waals surface area contributed by atoms with Crippen LogP contribution in [0.5, 0.6) is 0 Å². The van der Waals surface area contributed by atoms with Crippen molar-refractivity contribution in [2.24, 2.45) is 5.92 Å². The van der Waals surface area contributed by atoms with Crippen molar-refractivity contribution in [2.75, 3.05) is 0 Å². The lowest BCUT2D eigenvalue weighted by Gasteiger charge is -2.21. The normalized spacial score (nSPS) is 15.9. The van der Waals surface area contributed by atoms with E-state index >= 15 is 0 Å². The van der Waals surface area contributed by atoms with E-state index < -0.39 is 11.0 Å². The maximum atomic E-state index is 12.1. The van der Waals surface area contributed by atoms with E-state index in [0.717, 1.165) is 18.8 Å². The molecule has 1 saturated carbocycles. The first-order chi connectivity index (χ1) is 13.5. The molecular formula is C20H25N3O5. The number of non-ortho nitro benzene ring substituents is 1. The number of nitrogens with zero attached hydrogens (tertiary/aromatic N) is 3. The summed E-state index contributed by atoms with van der Waals surface area (Å²) in [5, 5.41) is 18.6. The molecule has 1 aliphatic rings. The summed E-state index contributed by atoms with van der Waals surface area (Å²) in [4.78, 5) is 22.3. The topological polar surface area (TPSA) is 108 Å². The van der Waals surface area contributed by atoms with Gasteiger partial charge < -0.3 is 9.15 Å². The predicted octanol–water partition coefficient (Wildman–Crippen LogP) is 5.00. The minimum atomic E-state index is -0.638. The van der Waals surface area contributed by atoms with Gasteiger partial charge in [-0.1, -0.05) is 32.1 Å². The summed E-state index contributed by atoms with van der Waals surface area (Å²) in [5.41, 5.74) is 0.550. The van der Waals surface area contributed by atoms with E-state index in [0.29, 0.717) is 12.0 Å². The zero-order valence-corrected chi connectivity index (χ0v) is 16.0. The first kappa shape index (κ1) is 20.0. The maximum Gasteiger partial charge on any atom is 0.306 e. The minimum absolute atomic E-state index is 0.0148. The number of hydrogen-bond donors (Lipinski definition) is 0. The molecule has 1 aliphatic carbocycles. The Morgan fingerprint density at radius 1 is 1.25 bits per heavy atom. The third kappa shape index (κ3) is 5.37. The monoisotopic (exact) mass is 387 g/mol. The van der Waals surface area contributed by atoms with Gasteiger partial charge in [0, 0.05) is 24.1 Å². The molecular weight excluding hydrogens is 362 g/mol. The average Bonchev–Trinajstić information content (AvgIpc) is 3.19. The van der Waals surface area contributed by atoms with E-state index in [1.807, 2.05) is 0 Å². The Kier molecular flexibility index (Phi) is 6.73. The predicted molar refractivity (Wildman–Crippen MR) is 101 cm³/mol. The van der Waals surface area contributed by atoms with Gasteiger partial charge in [-0.2, -0.15) is 0 Å². The van der Waals surface area contributed by atoms with Crippen LogP contribution >= 0.6 is 0 Å². The van der Waals surface area contributed by atoms with Crippen LogP contribution in [0, 0.1) is 16.0 Å². The van der Waals surface area contributed by atoms with Crippen LogP contribution in [-0.4, -0.2) is 21.1 Å². The highest BCUT2D eigenvalue weighted by Crippen LogP contribution is 2.28. The van der Waals surface area contributed by atoms with Crippen molar-refractivity contribution < 1.29 is 18.9 Å². The Balaban J connectivity index is 1.48. The Labute approximate surface area is 163 Å². The van der Waals surface area contributed by atoms with Crippen molar-refractivity contribution >= 4 is 11.7 Å². The molecule has 0 aliphatic heterocycles. The molecule has 1 heterocycles. The molecule has 8 nitrogen and oxygen atoms in total. The number of carbonyl (C=O) groups excluding carboxylic acids is 1. The van der Waals surface area contributed by atoms with Gasteiger partial charge in [-0.25, -0.2) is 0 Å². The summed E-state index contributed by atoms with van der Waals surface area (Å²) in [6.45, 7) is 1.69.